The normalized spacial score (nSPS) is 24.6. The molecule has 0 aliphatic carbocycles. The summed E-state index contributed by atoms with van der Waals surface area (Å²) in [6.07, 6.45) is 2.45. The Morgan fingerprint density at radius 3 is 2.80 bits per heavy atom. The second kappa shape index (κ2) is 6.83. The molecule has 112 valence electrons. The van der Waals surface area contributed by atoms with E-state index < -0.39 is 10.8 Å². The third-order valence-corrected chi connectivity index (χ3v) is 5.12. The van der Waals surface area contributed by atoms with E-state index in [2.05, 4.69) is 30.6 Å². The van der Waals surface area contributed by atoms with E-state index in [4.69, 9.17) is 0 Å². The van der Waals surface area contributed by atoms with Gasteiger partial charge in [-0.3, -0.25) is 14.3 Å². The van der Waals surface area contributed by atoms with Crippen molar-refractivity contribution in [3.8, 4) is 0 Å². The van der Waals surface area contributed by atoms with Crippen LogP contribution < -0.4 is 5.32 Å². The van der Waals surface area contributed by atoms with Gasteiger partial charge in [0.15, 0.2) is 0 Å². The second-order valence-corrected chi connectivity index (χ2v) is 7.84. The predicted octanol–water partition coefficient (Wildman–Crippen LogP) is 1.97. The van der Waals surface area contributed by atoms with Gasteiger partial charge in [-0.25, -0.2) is 0 Å². The maximum Gasteiger partial charge on any atom is 0.241 e. The molecule has 1 saturated heterocycles. The maximum atomic E-state index is 12.5. The molecule has 0 bridgehead atoms. The Labute approximate surface area is 127 Å². The molecular weight excluding hydrogens is 292 g/mol. The molecule has 1 N–H and O–H groups in total. The summed E-state index contributed by atoms with van der Waals surface area (Å²) in [5, 5.41) is 7.55. The van der Waals surface area contributed by atoms with Crippen molar-refractivity contribution in [1.82, 2.24) is 10.2 Å². The molecule has 2 rings (SSSR count). The van der Waals surface area contributed by atoms with E-state index in [1.54, 1.807) is 17.6 Å². The molecule has 0 spiro atoms. The molecule has 0 aromatic carbocycles. The topological polar surface area (TPSA) is 49.4 Å². The Kier molecular flexibility index (Phi) is 5.35. The first kappa shape index (κ1) is 15.7. The number of carbonyl (C=O) groups excluding carboxylic acids is 1. The van der Waals surface area contributed by atoms with Gasteiger partial charge in [0.25, 0.3) is 0 Å². The molecule has 3 atom stereocenters. The van der Waals surface area contributed by atoms with E-state index in [1.807, 2.05) is 10.3 Å². The van der Waals surface area contributed by atoms with Crippen LogP contribution in [0.5, 0.6) is 0 Å². The van der Waals surface area contributed by atoms with Gasteiger partial charge in [-0.05, 0) is 34.7 Å². The zero-order chi connectivity index (χ0) is 14.7. The van der Waals surface area contributed by atoms with Crippen LogP contribution in [-0.2, 0) is 15.6 Å². The molecule has 1 aromatic heterocycles. The molecule has 1 aliphatic rings. The van der Waals surface area contributed by atoms with Gasteiger partial charge in [0, 0.05) is 29.4 Å². The first-order valence-corrected chi connectivity index (χ1v) is 9.56. The average Bonchev–Trinajstić information content (AvgIpc) is 2.97. The van der Waals surface area contributed by atoms with Gasteiger partial charge >= 0.3 is 0 Å². The summed E-state index contributed by atoms with van der Waals surface area (Å²) in [5.41, 5.74) is 1.14. The predicted molar refractivity (Wildman–Crippen MR) is 84.1 cm³/mol. The van der Waals surface area contributed by atoms with Crippen LogP contribution in [0.2, 0.25) is 0 Å². The van der Waals surface area contributed by atoms with Crippen LogP contribution in [0.1, 0.15) is 32.0 Å². The van der Waals surface area contributed by atoms with Gasteiger partial charge in [-0.15, -0.1) is 0 Å². The van der Waals surface area contributed by atoms with Crippen molar-refractivity contribution in [2.24, 2.45) is 5.92 Å². The van der Waals surface area contributed by atoms with Gasteiger partial charge in [0.05, 0.1) is 6.04 Å². The number of rotatable bonds is 6. The zero-order valence-electron chi connectivity index (χ0n) is 12.2. The van der Waals surface area contributed by atoms with Crippen molar-refractivity contribution >= 4 is 28.0 Å². The highest BCUT2D eigenvalue weighted by atomic mass is 32.2. The fraction of sp³-hybridized carbons (Fsp3) is 0.643. The second-order valence-electron chi connectivity index (χ2n) is 5.51. The zero-order valence-corrected chi connectivity index (χ0v) is 13.8. The van der Waals surface area contributed by atoms with Crippen LogP contribution in [0.25, 0.3) is 0 Å². The summed E-state index contributed by atoms with van der Waals surface area (Å²) >= 11 is 1.64. The van der Waals surface area contributed by atoms with Crippen LogP contribution in [0.4, 0.5) is 0 Å². The van der Waals surface area contributed by atoms with E-state index in [1.165, 1.54) is 0 Å². The minimum absolute atomic E-state index is 0.0357. The summed E-state index contributed by atoms with van der Waals surface area (Å²) in [6.45, 7) is 4.78. The fourth-order valence-electron chi connectivity index (χ4n) is 2.50. The number of nitrogens with zero attached hydrogens (tertiary/aromatic N) is 1. The summed E-state index contributed by atoms with van der Waals surface area (Å²) < 4.78 is 11.2. The Bertz CT molecular complexity index is 474. The van der Waals surface area contributed by atoms with Crippen LogP contribution in [0.3, 0.4) is 0 Å². The van der Waals surface area contributed by atoms with Crippen molar-refractivity contribution in [1.29, 1.82) is 0 Å². The van der Waals surface area contributed by atoms with Crippen molar-refractivity contribution < 1.29 is 9.00 Å². The lowest BCUT2D eigenvalue weighted by Gasteiger charge is -2.23. The molecule has 0 radical (unpaired) electrons. The molecular formula is C14H22N2O2S2. The van der Waals surface area contributed by atoms with E-state index >= 15 is 0 Å². The number of carbonyl (C=O) groups is 1. The van der Waals surface area contributed by atoms with Crippen LogP contribution in [0.15, 0.2) is 16.8 Å². The molecule has 0 saturated carbocycles. The lowest BCUT2D eigenvalue weighted by molar-refractivity contribution is -0.130. The first-order chi connectivity index (χ1) is 9.50. The first-order valence-electron chi connectivity index (χ1n) is 6.89. The summed E-state index contributed by atoms with van der Waals surface area (Å²) in [5.74, 6) is 1.08. The number of hydrogen-bond donors (Lipinski definition) is 1. The number of thiophene rings is 1. The third-order valence-electron chi connectivity index (χ3n) is 3.55. The minimum Gasteiger partial charge on any atom is -0.321 e. The van der Waals surface area contributed by atoms with Crippen molar-refractivity contribution in [2.75, 3.05) is 18.6 Å². The Morgan fingerprint density at radius 2 is 2.25 bits per heavy atom. The maximum absolute atomic E-state index is 12.5. The molecule has 1 aliphatic heterocycles. The third kappa shape index (κ3) is 3.48. The fourth-order valence-corrected chi connectivity index (χ4v) is 3.71. The van der Waals surface area contributed by atoms with Gasteiger partial charge in [-0.1, -0.05) is 13.8 Å². The Hall–Kier alpha value is -0.720. The smallest absolute Gasteiger partial charge is 0.241 e. The Morgan fingerprint density at radius 1 is 1.50 bits per heavy atom. The van der Waals surface area contributed by atoms with Crippen molar-refractivity contribution in [3.05, 3.63) is 22.4 Å². The average molecular weight is 314 g/mol. The van der Waals surface area contributed by atoms with Gasteiger partial charge in [-0.2, -0.15) is 11.3 Å². The van der Waals surface area contributed by atoms with Gasteiger partial charge in [0.2, 0.25) is 5.91 Å². The Balaban J connectivity index is 2.11. The van der Waals surface area contributed by atoms with E-state index in [-0.39, 0.29) is 24.0 Å². The number of nitrogens with one attached hydrogen (secondary N) is 1. The molecule has 4 nitrogen and oxygen atoms in total. The molecule has 1 amide bonds. The molecule has 20 heavy (non-hydrogen) atoms. The quantitative estimate of drug-likeness (QED) is 0.873. The monoisotopic (exact) mass is 314 g/mol. The highest BCUT2D eigenvalue weighted by Gasteiger charge is 2.40. The van der Waals surface area contributed by atoms with Gasteiger partial charge < -0.3 is 4.90 Å². The summed E-state index contributed by atoms with van der Waals surface area (Å²) in [4.78, 5) is 14.4. The SMILES string of the molecule is CC(C)C1NC(c2ccsc2)N(CCCS(C)=O)C1=O. The summed E-state index contributed by atoms with van der Waals surface area (Å²) in [6, 6.07) is 1.94. The van der Waals surface area contributed by atoms with E-state index in [0.29, 0.717) is 12.3 Å². The van der Waals surface area contributed by atoms with Crippen LogP contribution >= 0.6 is 11.3 Å². The van der Waals surface area contributed by atoms with Crippen molar-refractivity contribution in [2.45, 2.75) is 32.5 Å². The number of amides is 1. The van der Waals surface area contributed by atoms with Crippen LogP contribution in [0, 0.1) is 5.92 Å². The standard InChI is InChI=1S/C14H22N2O2S2/c1-10(2)12-14(17)16(6-4-8-20(3)18)13(15-12)11-5-7-19-9-11/h5,7,9-10,12-13,15H,4,6,8H2,1-3H3. The molecule has 3 unspecified atom stereocenters. The molecule has 1 aromatic rings. The van der Waals surface area contributed by atoms with Crippen LogP contribution in [-0.4, -0.2) is 39.6 Å². The highest BCUT2D eigenvalue weighted by molar-refractivity contribution is 7.84. The van der Waals surface area contributed by atoms with Crippen molar-refractivity contribution in [3.63, 3.8) is 0 Å². The van der Waals surface area contributed by atoms with E-state index in [9.17, 15) is 9.00 Å². The number of hydrogen-bond acceptors (Lipinski definition) is 4. The van der Waals surface area contributed by atoms with Gasteiger partial charge in [0.1, 0.15) is 6.17 Å². The molecule has 1 fully saturated rings. The largest absolute Gasteiger partial charge is 0.321 e. The highest BCUT2D eigenvalue weighted by Crippen LogP contribution is 2.29. The van der Waals surface area contributed by atoms with E-state index in [0.717, 1.165) is 12.0 Å². The lowest BCUT2D eigenvalue weighted by Crippen LogP contribution is -2.35. The molecule has 6 heteroatoms. The summed E-state index contributed by atoms with van der Waals surface area (Å²) in [7, 11) is -0.799. The lowest BCUT2D eigenvalue weighted by atomic mass is 10.1. The molecule has 2 heterocycles. The minimum atomic E-state index is -0.799.